The van der Waals surface area contributed by atoms with E-state index in [1.165, 1.54) is 51.7 Å². The van der Waals surface area contributed by atoms with E-state index in [0.717, 1.165) is 31.3 Å². The summed E-state index contributed by atoms with van der Waals surface area (Å²) in [5, 5.41) is 3.24. The van der Waals surface area contributed by atoms with Crippen molar-refractivity contribution >= 4 is 29.9 Å². The molecule has 1 aliphatic heterocycles. The SMILES string of the molecule is CC1CCCN(CCCNC(N)=NCC2CCC2)C1.I. The minimum Gasteiger partial charge on any atom is -0.370 e. The molecule has 2 fully saturated rings. The molecule has 1 heterocycles. The van der Waals surface area contributed by atoms with Crippen LogP contribution in [0.5, 0.6) is 0 Å². The highest BCUT2D eigenvalue weighted by molar-refractivity contribution is 14.0. The van der Waals surface area contributed by atoms with E-state index in [9.17, 15) is 0 Å². The lowest BCUT2D eigenvalue weighted by Gasteiger charge is -2.30. The number of aliphatic imine (C=N–C) groups is 1. The van der Waals surface area contributed by atoms with Crippen molar-refractivity contribution in [1.29, 1.82) is 0 Å². The van der Waals surface area contributed by atoms with Gasteiger partial charge in [0.2, 0.25) is 0 Å². The molecule has 1 aliphatic carbocycles. The smallest absolute Gasteiger partial charge is 0.188 e. The summed E-state index contributed by atoms with van der Waals surface area (Å²) in [6.45, 7) is 7.96. The van der Waals surface area contributed by atoms with E-state index in [2.05, 4.69) is 22.1 Å². The Kier molecular flexibility index (Phi) is 8.84. The highest BCUT2D eigenvalue weighted by Gasteiger charge is 2.16. The van der Waals surface area contributed by atoms with Gasteiger partial charge in [-0.05, 0) is 57.0 Å². The Morgan fingerprint density at radius 3 is 2.75 bits per heavy atom. The molecular formula is C15H31IN4. The second-order valence-corrected chi connectivity index (χ2v) is 6.35. The summed E-state index contributed by atoms with van der Waals surface area (Å²) in [5.41, 5.74) is 5.87. The number of rotatable bonds is 6. The van der Waals surface area contributed by atoms with Crippen LogP contribution in [0.2, 0.25) is 0 Å². The number of guanidine groups is 1. The van der Waals surface area contributed by atoms with Gasteiger partial charge in [-0.15, -0.1) is 24.0 Å². The lowest BCUT2D eigenvalue weighted by Crippen LogP contribution is -2.38. The number of likely N-dealkylation sites (tertiary alicyclic amines) is 1. The molecule has 0 bridgehead atoms. The van der Waals surface area contributed by atoms with E-state index >= 15 is 0 Å². The molecule has 5 heteroatoms. The van der Waals surface area contributed by atoms with Gasteiger partial charge in [0.15, 0.2) is 5.96 Å². The van der Waals surface area contributed by atoms with Crippen molar-refractivity contribution in [3.63, 3.8) is 0 Å². The van der Waals surface area contributed by atoms with Crippen molar-refractivity contribution < 1.29 is 0 Å². The monoisotopic (exact) mass is 394 g/mol. The third-order valence-electron chi connectivity index (χ3n) is 4.44. The summed E-state index contributed by atoms with van der Waals surface area (Å²) in [7, 11) is 0. The summed E-state index contributed by atoms with van der Waals surface area (Å²) in [6, 6.07) is 0. The zero-order valence-electron chi connectivity index (χ0n) is 12.8. The van der Waals surface area contributed by atoms with E-state index in [-0.39, 0.29) is 24.0 Å². The highest BCUT2D eigenvalue weighted by Crippen LogP contribution is 2.26. The maximum Gasteiger partial charge on any atom is 0.188 e. The molecule has 2 aliphatic rings. The molecule has 0 radical (unpaired) electrons. The van der Waals surface area contributed by atoms with Crippen LogP contribution in [-0.2, 0) is 0 Å². The summed E-state index contributed by atoms with van der Waals surface area (Å²) in [5.74, 6) is 2.31. The third-order valence-corrected chi connectivity index (χ3v) is 4.44. The number of nitrogens with zero attached hydrogens (tertiary/aromatic N) is 2. The van der Waals surface area contributed by atoms with Gasteiger partial charge in [-0.1, -0.05) is 13.3 Å². The summed E-state index contributed by atoms with van der Waals surface area (Å²) in [4.78, 5) is 6.99. The van der Waals surface area contributed by atoms with E-state index in [1.54, 1.807) is 0 Å². The Labute approximate surface area is 141 Å². The van der Waals surface area contributed by atoms with Crippen molar-refractivity contribution in [3.8, 4) is 0 Å². The Bertz CT molecular complexity index is 292. The Morgan fingerprint density at radius 1 is 1.30 bits per heavy atom. The maximum atomic E-state index is 5.87. The third kappa shape index (κ3) is 6.61. The van der Waals surface area contributed by atoms with Crippen LogP contribution in [0, 0.1) is 11.8 Å². The highest BCUT2D eigenvalue weighted by atomic mass is 127. The van der Waals surface area contributed by atoms with Crippen LogP contribution in [-0.4, -0.2) is 43.6 Å². The molecule has 2 rings (SSSR count). The molecule has 0 amide bonds. The quantitative estimate of drug-likeness (QED) is 0.315. The number of hydrogen-bond acceptors (Lipinski definition) is 2. The summed E-state index contributed by atoms with van der Waals surface area (Å²) < 4.78 is 0. The number of nitrogens with two attached hydrogens (primary N) is 1. The number of hydrogen-bond donors (Lipinski definition) is 2. The number of halogens is 1. The fourth-order valence-corrected chi connectivity index (χ4v) is 2.97. The Morgan fingerprint density at radius 2 is 2.10 bits per heavy atom. The first-order valence-corrected chi connectivity index (χ1v) is 8.00. The second kappa shape index (κ2) is 9.82. The Hall–Kier alpha value is -0.0400. The molecule has 1 atom stereocenters. The van der Waals surface area contributed by atoms with Gasteiger partial charge in [-0.3, -0.25) is 4.99 Å². The largest absolute Gasteiger partial charge is 0.370 e. The fourth-order valence-electron chi connectivity index (χ4n) is 2.97. The lowest BCUT2D eigenvalue weighted by atomic mass is 9.86. The zero-order valence-corrected chi connectivity index (χ0v) is 15.1. The number of piperidine rings is 1. The molecule has 0 aromatic rings. The van der Waals surface area contributed by atoms with Crippen LogP contribution >= 0.6 is 24.0 Å². The van der Waals surface area contributed by atoms with Gasteiger partial charge in [0, 0.05) is 19.6 Å². The predicted octanol–water partition coefficient (Wildman–Crippen LogP) is 2.43. The molecule has 3 N–H and O–H groups in total. The van der Waals surface area contributed by atoms with Crippen LogP contribution in [0.15, 0.2) is 4.99 Å². The van der Waals surface area contributed by atoms with Gasteiger partial charge in [-0.2, -0.15) is 0 Å². The minimum atomic E-state index is 0. The van der Waals surface area contributed by atoms with E-state index in [0.29, 0.717) is 5.96 Å². The maximum absolute atomic E-state index is 5.87. The normalized spacial score (nSPS) is 24.9. The van der Waals surface area contributed by atoms with Crippen LogP contribution in [0.25, 0.3) is 0 Å². The molecule has 4 nitrogen and oxygen atoms in total. The van der Waals surface area contributed by atoms with Crippen LogP contribution in [0.1, 0.15) is 45.4 Å². The molecule has 0 aromatic heterocycles. The van der Waals surface area contributed by atoms with Gasteiger partial charge in [0.05, 0.1) is 0 Å². The first-order valence-electron chi connectivity index (χ1n) is 8.00. The fraction of sp³-hybridized carbons (Fsp3) is 0.933. The van der Waals surface area contributed by atoms with Crippen molar-refractivity contribution in [2.75, 3.05) is 32.7 Å². The van der Waals surface area contributed by atoms with Crippen molar-refractivity contribution in [2.24, 2.45) is 22.6 Å². The van der Waals surface area contributed by atoms with E-state index in [4.69, 9.17) is 5.73 Å². The van der Waals surface area contributed by atoms with Gasteiger partial charge < -0.3 is 16.0 Å². The van der Waals surface area contributed by atoms with Crippen molar-refractivity contribution in [2.45, 2.75) is 45.4 Å². The van der Waals surface area contributed by atoms with Crippen LogP contribution in [0.3, 0.4) is 0 Å². The van der Waals surface area contributed by atoms with Gasteiger partial charge in [0.25, 0.3) is 0 Å². The van der Waals surface area contributed by atoms with E-state index in [1.807, 2.05) is 0 Å². The standard InChI is InChI=1S/C15H30N4.HI/c1-13-5-3-9-19(12-13)10-4-8-17-15(16)18-11-14-6-2-7-14;/h13-14H,2-12H2,1H3,(H3,16,17,18);1H. The van der Waals surface area contributed by atoms with Crippen molar-refractivity contribution in [1.82, 2.24) is 10.2 Å². The summed E-state index contributed by atoms with van der Waals surface area (Å²) >= 11 is 0. The molecule has 118 valence electrons. The first kappa shape index (κ1) is 18.0. The molecule has 1 saturated carbocycles. The first-order chi connectivity index (χ1) is 9.24. The second-order valence-electron chi connectivity index (χ2n) is 6.35. The van der Waals surface area contributed by atoms with Gasteiger partial charge in [-0.25, -0.2) is 0 Å². The molecule has 0 spiro atoms. The van der Waals surface area contributed by atoms with Crippen LogP contribution < -0.4 is 11.1 Å². The molecule has 1 unspecified atom stereocenters. The van der Waals surface area contributed by atoms with Crippen LogP contribution in [0.4, 0.5) is 0 Å². The average Bonchev–Trinajstić information content (AvgIpc) is 2.33. The molecule has 1 saturated heterocycles. The van der Waals surface area contributed by atoms with E-state index < -0.39 is 0 Å². The number of nitrogens with one attached hydrogen (secondary N) is 1. The Balaban J connectivity index is 0.00000200. The topological polar surface area (TPSA) is 53.6 Å². The zero-order chi connectivity index (χ0) is 13.5. The predicted molar refractivity (Wildman–Crippen MR) is 96.7 cm³/mol. The average molecular weight is 394 g/mol. The van der Waals surface area contributed by atoms with Gasteiger partial charge >= 0.3 is 0 Å². The molecule has 20 heavy (non-hydrogen) atoms. The van der Waals surface area contributed by atoms with Gasteiger partial charge in [0.1, 0.15) is 0 Å². The summed E-state index contributed by atoms with van der Waals surface area (Å²) in [6.07, 6.45) is 7.97. The lowest BCUT2D eigenvalue weighted by molar-refractivity contribution is 0.182. The molecular weight excluding hydrogens is 363 g/mol. The van der Waals surface area contributed by atoms with Crippen molar-refractivity contribution in [3.05, 3.63) is 0 Å². The molecule has 0 aromatic carbocycles. The minimum absolute atomic E-state index is 0.